The third kappa shape index (κ3) is 5.81. The Kier molecular flexibility index (Phi) is 8.18. The van der Waals surface area contributed by atoms with Crippen LogP contribution in [0.5, 0.6) is 0 Å². The Morgan fingerprint density at radius 1 is 1.45 bits per heavy atom. The molecule has 6 heteroatoms. The molecule has 0 spiro atoms. The highest BCUT2D eigenvalue weighted by Crippen LogP contribution is 2.24. The van der Waals surface area contributed by atoms with Crippen molar-refractivity contribution in [2.24, 2.45) is 18.9 Å². The first kappa shape index (κ1) is 17.5. The molecule has 0 aliphatic heterocycles. The zero-order valence-corrected chi connectivity index (χ0v) is 13.5. The van der Waals surface area contributed by atoms with Crippen molar-refractivity contribution in [3.05, 3.63) is 6.33 Å². The van der Waals surface area contributed by atoms with Gasteiger partial charge in [0.25, 0.3) is 0 Å². The number of aliphatic hydroxyl groups is 2. The van der Waals surface area contributed by atoms with Crippen LogP contribution in [0.1, 0.15) is 39.5 Å². The molecule has 20 heavy (non-hydrogen) atoms. The van der Waals surface area contributed by atoms with Gasteiger partial charge in [-0.1, -0.05) is 44.9 Å². The molecule has 1 heterocycles. The lowest BCUT2D eigenvalue weighted by Gasteiger charge is -2.24. The molecular formula is C14H27N3O2S. The lowest BCUT2D eigenvalue weighted by molar-refractivity contribution is 0.102. The normalized spacial score (nSPS) is 16.1. The van der Waals surface area contributed by atoms with E-state index in [1.54, 1.807) is 6.33 Å². The van der Waals surface area contributed by atoms with Crippen molar-refractivity contribution >= 4 is 11.8 Å². The van der Waals surface area contributed by atoms with E-state index in [2.05, 4.69) is 24.0 Å². The van der Waals surface area contributed by atoms with Crippen LogP contribution >= 0.6 is 11.8 Å². The molecule has 0 aliphatic carbocycles. The van der Waals surface area contributed by atoms with E-state index in [9.17, 15) is 10.2 Å². The summed E-state index contributed by atoms with van der Waals surface area (Å²) >= 11 is 1.50. The van der Waals surface area contributed by atoms with Crippen LogP contribution in [0.25, 0.3) is 0 Å². The molecule has 116 valence electrons. The van der Waals surface area contributed by atoms with Crippen molar-refractivity contribution in [3.8, 4) is 0 Å². The zero-order chi connectivity index (χ0) is 15.0. The summed E-state index contributed by atoms with van der Waals surface area (Å²) in [4.78, 5) is 0. The number of unbranched alkanes of at least 4 members (excludes halogenated alkanes) is 1. The molecule has 0 aromatic carbocycles. The Bertz CT molecular complexity index is 373. The predicted molar refractivity (Wildman–Crippen MR) is 81.6 cm³/mol. The number of rotatable bonds is 10. The number of aromatic nitrogens is 3. The van der Waals surface area contributed by atoms with Crippen molar-refractivity contribution < 1.29 is 10.2 Å². The molecule has 0 saturated carbocycles. The third-order valence-electron chi connectivity index (χ3n) is 3.70. The molecule has 0 fully saturated rings. The molecule has 0 saturated heterocycles. The number of hydrogen-bond donors (Lipinski definition) is 2. The third-order valence-corrected chi connectivity index (χ3v) is 4.88. The average molecular weight is 301 g/mol. The number of thioether (sulfide) groups is 1. The summed E-state index contributed by atoms with van der Waals surface area (Å²) in [5.74, 6) is 1.22. The van der Waals surface area contributed by atoms with Gasteiger partial charge in [-0.3, -0.25) is 0 Å². The average Bonchev–Trinajstić information content (AvgIpc) is 2.85. The van der Waals surface area contributed by atoms with Gasteiger partial charge in [-0.05, 0) is 18.3 Å². The van der Waals surface area contributed by atoms with Crippen LogP contribution in [-0.4, -0.2) is 43.4 Å². The topological polar surface area (TPSA) is 71.2 Å². The summed E-state index contributed by atoms with van der Waals surface area (Å²) in [6.45, 7) is 4.49. The summed E-state index contributed by atoms with van der Waals surface area (Å²) in [6.07, 6.45) is 5.35. The van der Waals surface area contributed by atoms with E-state index < -0.39 is 6.10 Å². The maximum atomic E-state index is 10.1. The number of aryl methyl sites for hydroxylation is 1. The SMILES string of the molecule is CCCC[C@H](C)C(CO)CC(O)CSc1nncn1C. The highest BCUT2D eigenvalue weighted by Gasteiger charge is 2.20. The largest absolute Gasteiger partial charge is 0.396 e. The van der Waals surface area contributed by atoms with Gasteiger partial charge in [0, 0.05) is 19.4 Å². The highest BCUT2D eigenvalue weighted by atomic mass is 32.2. The van der Waals surface area contributed by atoms with Gasteiger partial charge in [0.15, 0.2) is 5.16 Å². The molecule has 5 nitrogen and oxygen atoms in total. The smallest absolute Gasteiger partial charge is 0.190 e. The second-order valence-electron chi connectivity index (χ2n) is 5.49. The predicted octanol–water partition coefficient (Wildman–Crippen LogP) is 2.09. The molecule has 1 aromatic heterocycles. The standard InChI is InChI=1S/C14H27N3O2S/c1-4-5-6-11(2)12(8-18)7-13(19)9-20-14-16-15-10-17(14)3/h10-13,18-19H,4-9H2,1-3H3/t11-,12?,13?/m0/s1. The van der Waals surface area contributed by atoms with Crippen molar-refractivity contribution in [1.82, 2.24) is 14.8 Å². The first-order valence-electron chi connectivity index (χ1n) is 7.34. The Balaban J connectivity index is 2.35. The fourth-order valence-electron chi connectivity index (χ4n) is 2.24. The van der Waals surface area contributed by atoms with Gasteiger partial charge in [0.05, 0.1) is 6.10 Å². The molecule has 2 unspecified atom stereocenters. The maximum absolute atomic E-state index is 10.1. The zero-order valence-electron chi connectivity index (χ0n) is 12.7. The van der Waals surface area contributed by atoms with Crippen molar-refractivity contribution in [2.45, 2.75) is 50.8 Å². The minimum absolute atomic E-state index is 0.149. The first-order chi connectivity index (χ1) is 9.58. The molecule has 0 aliphatic rings. The second-order valence-corrected chi connectivity index (χ2v) is 6.47. The number of hydrogen-bond acceptors (Lipinski definition) is 5. The minimum atomic E-state index is -0.419. The Labute approximate surface area is 125 Å². The molecule has 3 atom stereocenters. The molecule has 1 aromatic rings. The Hall–Kier alpha value is -0.590. The number of nitrogens with zero attached hydrogens (tertiary/aromatic N) is 3. The molecule has 0 bridgehead atoms. The van der Waals surface area contributed by atoms with Crippen molar-refractivity contribution in [3.63, 3.8) is 0 Å². The van der Waals surface area contributed by atoms with Crippen LogP contribution in [0.2, 0.25) is 0 Å². The van der Waals surface area contributed by atoms with Gasteiger partial charge >= 0.3 is 0 Å². The molecule has 2 N–H and O–H groups in total. The highest BCUT2D eigenvalue weighted by molar-refractivity contribution is 7.99. The van der Waals surface area contributed by atoms with Crippen LogP contribution in [0, 0.1) is 11.8 Å². The Morgan fingerprint density at radius 3 is 2.75 bits per heavy atom. The van der Waals surface area contributed by atoms with E-state index >= 15 is 0 Å². The summed E-state index contributed by atoms with van der Waals surface area (Å²) in [5, 5.41) is 28.2. The fourth-order valence-corrected chi connectivity index (χ4v) is 3.07. The first-order valence-corrected chi connectivity index (χ1v) is 8.32. The fraction of sp³-hybridized carbons (Fsp3) is 0.857. The quantitative estimate of drug-likeness (QED) is 0.648. The van der Waals surface area contributed by atoms with Gasteiger partial charge in [-0.15, -0.1) is 10.2 Å². The lowest BCUT2D eigenvalue weighted by Crippen LogP contribution is -2.24. The monoisotopic (exact) mass is 301 g/mol. The van der Waals surface area contributed by atoms with E-state index in [0.29, 0.717) is 18.1 Å². The van der Waals surface area contributed by atoms with Crippen LogP contribution < -0.4 is 0 Å². The molecule has 0 radical (unpaired) electrons. The van der Waals surface area contributed by atoms with E-state index in [4.69, 9.17) is 0 Å². The lowest BCUT2D eigenvalue weighted by atomic mass is 9.86. The molecule has 1 rings (SSSR count). The summed E-state index contributed by atoms with van der Waals surface area (Å²) < 4.78 is 1.84. The molecule has 0 amide bonds. The summed E-state index contributed by atoms with van der Waals surface area (Å²) in [6, 6.07) is 0. The van der Waals surface area contributed by atoms with Crippen LogP contribution in [0.3, 0.4) is 0 Å². The summed E-state index contributed by atoms with van der Waals surface area (Å²) in [5.41, 5.74) is 0. The second kappa shape index (κ2) is 9.37. The maximum Gasteiger partial charge on any atom is 0.190 e. The van der Waals surface area contributed by atoms with E-state index in [-0.39, 0.29) is 12.5 Å². The van der Waals surface area contributed by atoms with Crippen LogP contribution in [-0.2, 0) is 7.05 Å². The number of aliphatic hydroxyl groups excluding tert-OH is 2. The van der Waals surface area contributed by atoms with E-state index in [0.717, 1.165) is 11.6 Å². The van der Waals surface area contributed by atoms with E-state index in [1.165, 1.54) is 24.6 Å². The van der Waals surface area contributed by atoms with E-state index in [1.807, 2.05) is 11.6 Å². The summed E-state index contributed by atoms with van der Waals surface area (Å²) in [7, 11) is 1.89. The van der Waals surface area contributed by atoms with Gasteiger partial charge in [0.1, 0.15) is 6.33 Å². The minimum Gasteiger partial charge on any atom is -0.396 e. The van der Waals surface area contributed by atoms with Gasteiger partial charge in [-0.25, -0.2) is 0 Å². The van der Waals surface area contributed by atoms with Crippen LogP contribution in [0.15, 0.2) is 11.5 Å². The Morgan fingerprint density at radius 2 is 2.20 bits per heavy atom. The van der Waals surface area contributed by atoms with Crippen molar-refractivity contribution in [1.29, 1.82) is 0 Å². The van der Waals surface area contributed by atoms with Gasteiger partial charge in [0.2, 0.25) is 0 Å². The van der Waals surface area contributed by atoms with Gasteiger partial charge < -0.3 is 14.8 Å². The molecular weight excluding hydrogens is 274 g/mol. The van der Waals surface area contributed by atoms with Gasteiger partial charge in [-0.2, -0.15) is 0 Å². The van der Waals surface area contributed by atoms with Crippen LogP contribution in [0.4, 0.5) is 0 Å². The van der Waals surface area contributed by atoms with Crippen molar-refractivity contribution in [2.75, 3.05) is 12.4 Å².